The number of para-hydroxylation sites is 1. The van der Waals surface area contributed by atoms with Crippen LogP contribution in [0.25, 0.3) is 10.2 Å². The Morgan fingerprint density at radius 2 is 1.90 bits per heavy atom. The lowest BCUT2D eigenvalue weighted by molar-refractivity contribution is -0.145. The molecule has 2 aromatic heterocycles. The molecule has 9 heteroatoms. The van der Waals surface area contributed by atoms with Crippen molar-refractivity contribution in [3.63, 3.8) is 0 Å². The van der Waals surface area contributed by atoms with Crippen molar-refractivity contribution in [2.24, 2.45) is 0 Å². The summed E-state index contributed by atoms with van der Waals surface area (Å²) in [4.78, 5) is 34.9. The topological polar surface area (TPSA) is 116 Å². The van der Waals surface area contributed by atoms with Gasteiger partial charge in [-0.3, -0.25) is 9.59 Å². The van der Waals surface area contributed by atoms with Crippen molar-refractivity contribution in [3.8, 4) is 5.75 Å². The van der Waals surface area contributed by atoms with Crippen molar-refractivity contribution in [2.45, 2.75) is 38.7 Å². The second-order valence-corrected chi connectivity index (χ2v) is 8.39. The highest BCUT2D eigenvalue weighted by Crippen LogP contribution is 2.37. The Bertz CT molecular complexity index is 1080. The molecule has 0 radical (unpaired) electrons. The zero-order chi connectivity index (χ0) is 21.6. The minimum absolute atomic E-state index is 0.0993. The average Bonchev–Trinajstić information content (AvgIpc) is 2.97. The Morgan fingerprint density at radius 3 is 2.74 bits per heavy atom. The lowest BCUT2D eigenvalue weighted by Crippen LogP contribution is -2.34. The molecule has 0 unspecified atom stereocenters. The van der Waals surface area contributed by atoms with Crippen LogP contribution in [0.1, 0.15) is 35.5 Å². The SMILES string of the molecule is Nc1nc(COC(=O)CNC(=O)COc2ccccc2)nc2sc3c(c12)CCCCC3. The molecule has 4 rings (SSSR count). The third-order valence-corrected chi connectivity index (χ3v) is 6.23. The van der Waals surface area contributed by atoms with Gasteiger partial charge < -0.3 is 20.5 Å². The van der Waals surface area contributed by atoms with Gasteiger partial charge in [-0.25, -0.2) is 9.97 Å². The number of ether oxygens (including phenoxy) is 2. The lowest BCUT2D eigenvalue weighted by Gasteiger charge is -2.08. The number of nitrogens with one attached hydrogen (secondary N) is 1. The Kier molecular flexibility index (Phi) is 6.61. The van der Waals surface area contributed by atoms with Gasteiger partial charge >= 0.3 is 5.97 Å². The Morgan fingerprint density at radius 1 is 1.10 bits per heavy atom. The molecule has 0 bridgehead atoms. The smallest absolute Gasteiger partial charge is 0.325 e. The molecule has 1 aliphatic rings. The normalized spacial score (nSPS) is 13.3. The van der Waals surface area contributed by atoms with E-state index >= 15 is 0 Å². The summed E-state index contributed by atoms with van der Waals surface area (Å²) in [6.45, 7) is -0.545. The first-order valence-electron chi connectivity index (χ1n) is 10.3. The van der Waals surface area contributed by atoms with Crippen LogP contribution in [0.5, 0.6) is 5.75 Å². The van der Waals surface area contributed by atoms with E-state index in [2.05, 4.69) is 15.3 Å². The summed E-state index contributed by atoms with van der Waals surface area (Å²) < 4.78 is 10.5. The number of amides is 1. The molecule has 8 nitrogen and oxygen atoms in total. The van der Waals surface area contributed by atoms with E-state index in [-0.39, 0.29) is 19.8 Å². The van der Waals surface area contributed by atoms with E-state index in [4.69, 9.17) is 15.2 Å². The maximum absolute atomic E-state index is 12.0. The Labute approximate surface area is 183 Å². The van der Waals surface area contributed by atoms with Crippen LogP contribution in [0.3, 0.4) is 0 Å². The lowest BCUT2D eigenvalue weighted by atomic mass is 10.1. The Balaban J connectivity index is 1.28. The molecular weight excluding hydrogens is 416 g/mol. The van der Waals surface area contributed by atoms with Gasteiger partial charge in [0.25, 0.3) is 5.91 Å². The summed E-state index contributed by atoms with van der Waals surface area (Å²) in [7, 11) is 0. The van der Waals surface area contributed by atoms with E-state index in [1.165, 1.54) is 23.3 Å². The number of carbonyl (C=O) groups excluding carboxylic acids is 2. The molecule has 0 aliphatic heterocycles. The molecule has 31 heavy (non-hydrogen) atoms. The highest BCUT2D eigenvalue weighted by molar-refractivity contribution is 7.19. The van der Waals surface area contributed by atoms with Crippen LogP contribution in [0.15, 0.2) is 30.3 Å². The van der Waals surface area contributed by atoms with Gasteiger partial charge in [-0.2, -0.15) is 0 Å². The molecule has 1 aromatic carbocycles. The first-order chi connectivity index (χ1) is 15.1. The van der Waals surface area contributed by atoms with Crippen LogP contribution in [0.2, 0.25) is 0 Å². The minimum Gasteiger partial charge on any atom is -0.484 e. The maximum atomic E-state index is 12.0. The largest absolute Gasteiger partial charge is 0.484 e. The summed E-state index contributed by atoms with van der Waals surface area (Å²) in [6.07, 6.45) is 5.62. The molecule has 0 spiro atoms. The fraction of sp³-hybridized carbons (Fsp3) is 0.364. The van der Waals surface area contributed by atoms with Crippen LogP contribution >= 0.6 is 11.3 Å². The monoisotopic (exact) mass is 440 g/mol. The van der Waals surface area contributed by atoms with Crippen molar-refractivity contribution in [2.75, 3.05) is 18.9 Å². The maximum Gasteiger partial charge on any atom is 0.325 e. The van der Waals surface area contributed by atoms with Crippen molar-refractivity contribution in [1.82, 2.24) is 15.3 Å². The van der Waals surface area contributed by atoms with Crippen molar-refractivity contribution < 1.29 is 19.1 Å². The van der Waals surface area contributed by atoms with E-state index in [0.29, 0.717) is 17.4 Å². The molecule has 0 saturated heterocycles. The van der Waals surface area contributed by atoms with Gasteiger partial charge in [-0.1, -0.05) is 24.6 Å². The number of hydrogen-bond donors (Lipinski definition) is 2. The van der Waals surface area contributed by atoms with E-state index in [0.717, 1.165) is 29.5 Å². The van der Waals surface area contributed by atoms with Crippen molar-refractivity contribution >= 4 is 39.2 Å². The summed E-state index contributed by atoms with van der Waals surface area (Å²) in [5.41, 5.74) is 7.48. The number of nitrogens with two attached hydrogens (primary N) is 1. The van der Waals surface area contributed by atoms with Crippen LogP contribution in [-0.4, -0.2) is 35.0 Å². The highest BCUT2D eigenvalue weighted by Gasteiger charge is 2.19. The number of benzene rings is 1. The third kappa shape index (κ3) is 5.29. The number of thiophene rings is 1. The molecule has 0 fully saturated rings. The fourth-order valence-corrected chi connectivity index (χ4v) is 4.84. The van der Waals surface area contributed by atoms with Gasteiger partial charge in [0, 0.05) is 4.88 Å². The van der Waals surface area contributed by atoms with Crippen LogP contribution in [-0.2, 0) is 33.8 Å². The predicted octanol–water partition coefficient (Wildman–Crippen LogP) is 2.78. The van der Waals surface area contributed by atoms with Crippen LogP contribution in [0.4, 0.5) is 5.82 Å². The molecule has 3 aromatic rings. The first kappa shape index (κ1) is 21.0. The average molecular weight is 441 g/mol. The first-order valence-corrected chi connectivity index (χ1v) is 11.1. The molecule has 162 valence electrons. The van der Waals surface area contributed by atoms with Crippen molar-refractivity contribution in [1.29, 1.82) is 0 Å². The van der Waals surface area contributed by atoms with Gasteiger partial charge in [0.2, 0.25) is 0 Å². The quantitative estimate of drug-likeness (QED) is 0.429. The van der Waals surface area contributed by atoms with Crippen LogP contribution in [0, 0.1) is 0 Å². The minimum atomic E-state index is -0.586. The predicted molar refractivity (Wildman–Crippen MR) is 118 cm³/mol. The summed E-state index contributed by atoms with van der Waals surface area (Å²) in [5.74, 6) is 0.367. The van der Waals surface area contributed by atoms with Crippen molar-refractivity contribution in [3.05, 3.63) is 46.6 Å². The zero-order valence-corrected chi connectivity index (χ0v) is 17.9. The molecule has 3 N–H and O–H groups in total. The number of nitrogens with zero attached hydrogens (tertiary/aromatic N) is 2. The second kappa shape index (κ2) is 9.74. The summed E-state index contributed by atoms with van der Waals surface area (Å²) in [6, 6.07) is 8.96. The molecule has 1 aliphatic carbocycles. The standard InChI is InChI=1S/C22H24N4O4S/c23-21-20-15-9-5-2-6-10-16(15)31-22(20)26-17(25-21)12-30-19(28)11-24-18(27)13-29-14-7-3-1-4-8-14/h1,3-4,7-8H,2,5-6,9-13H2,(H,24,27)(H2,23,25,26). The number of fused-ring (bicyclic) bond motifs is 3. The van der Waals surface area contributed by atoms with Gasteiger partial charge in [0.05, 0.1) is 5.39 Å². The highest BCUT2D eigenvalue weighted by atomic mass is 32.1. The van der Waals surface area contributed by atoms with Gasteiger partial charge in [-0.05, 0) is 43.4 Å². The molecule has 2 heterocycles. The number of rotatable bonds is 7. The third-order valence-electron chi connectivity index (χ3n) is 5.04. The van der Waals surface area contributed by atoms with Gasteiger partial charge in [0.1, 0.15) is 22.9 Å². The number of esters is 1. The van der Waals surface area contributed by atoms with Gasteiger partial charge in [-0.15, -0.1) is 11.3 Å². The van der Waals surface area contributed by atoms with E-state index in [1.807, 2.05) is 18.2 Å². The molecular formula is C22H24N4O4S. The van der Waals surface area contributed by atoms with E-state index < -0.39 is 11.9 Å². The number of aromatic nitrogens is 2. The Hall–Kier alpha value is -3.20. The van der Waals surface area contributed by atoms with E-state index in [9.17, 15) is 9.59 Å². The number of anilines is 1. The molecule has 0 saturated carbocycles. The van der Waals surface area contributed by atoms with Crippen LogP contribution < -0.4 is 15.8 Å². The fourth-order valence-electron chi connectivity index (χ4n) is 3.56. The zero-order valence-electron chi connectivity index (χ0n) is 17.1. The number of nitrogen functional groups attached to an aromatic ring is 1. The summed E-state index contributed by atoms with van der Waals surface area (Å²) >= 11 is 1.65. The molecule has 1 amide bonds. The number of carbonyl (C=O) groups is 2. The number of hydrogen-bond acceptors (Lipinski definition) is 8. The second-order valence-electron chi connectivity index (χ2n) is 7.31. The summed E-state index contributed by atoms with van der Waals surface area (Å²) in [5, 5.41) is 3.41. The number of aryl methyl sites for hydroxylation is 2. The van der Waals surface area contributed by atoms with E-state index in [1.54, 1.807) is 23.5 Å². The van der Waals surface area contributed by atoms with Gasteiger partial charge in [0.15, 0.2) is 19.0 Å². The molecule has 0 atom stereocenters.